The van der Waals surface area contributed by atoms with Gasteiger partial charge in [0.2, 0.25) is 0 Å². The van der Waals surface area contributed by atoms with Gasteiger partial charge in [0.1, 0.15) is 5.82 Å². The molecule has 2 rings (SSSR count). The predicted molar refractivity (Wildman–Crippen MR) is 81.0 cm³/mol. The topological polar surface area (TPSA) is 12.0 Å². The zero-order valence-electron chi connectivity index (χ0n) is 10.3. The summed E-state index contributed by atoms with van der Waals surface area (Å²) in [5.41, 5.74) is 2.04. The standard InChI is InChI=1S/C15H14BrClFN/c16-13-4-5-15(17)12(9-13)10-19-7-6-11-2-1-3-14(18)8-11/h1-5,8-9,19H,6-7,10H2. The van der Waals surface area contributed by atoms with Crippen LogP contribution in [0.2, 0.25) is 5.02 Å². The Kier molecular flexibility index (Phi) is 5.37. The van der Waals surface area contributed by atoms with Crippen molar-refractivity contribution in [3.05, 3.63) is 68.9 Å². The molecule has 1 nitrogen and oxygen atoms in total. The number of benzene rings is 2. The minimum atomic E-state index is -0.187. The molecule has 0 bridgehead atoms. The van der Waals surface area contributed by atoms with Crippen LogP contribution in [0.3, 0.4) is 0 Å². The van der Waals surface area contributed by atoms with Crippen molar-refractivity contribution in [3.63, 3.8) is 0 Å². The van der Waals surface area contributed by atoms with Gasteiger partial charge in [-0.25, -0.2) is 4.39 Å². The molecule has 0 fully saturated rings. The zero-order chi connectivity index (χ0) is 13.7. The van der Waals surface area contributed by atoms with Crippen LogP contribution >= 0.6 is 27.5 Å². The van der Waals surface area contributed by atoms with Gasteiger partial charge in [0.05, 0.1) is 0 Å². The molecular weight excluding hydrogens is 329 g/mol. The molecule has 0 heterocycles. The molecule has 0 unspecified atom stereocenters. The first-order valence-corrected chi connectivity index (χ1v) is 7.21. The van der Waals surface area contributed by atoms with E-state index < -0.39 is 0 Å². The summed E-state index contributed by atoms with van der Waals surface area (Å²) < 4.78 is 14.0. The average Bonchev–Trinajstić information content (AvgIpc) is 2.39. The average molecular weight is 343 g/mol. The molecule has 0 atom stereocenters. The number of hydrogen-bond acceptors (Lipinski definition) is 1. The quantitative estimate of drug-likeness (QED) is 0.785. The van der Waals surface area contributed by atoms with Crippen LogP contribution in [0.15, 0.2) is 46.9 Å². The van der Waals surface area contributed by atoms with Gasteiger partial charge < -0.3 is 5.32 Å². The van der Waals surface area contributed by atoms with Gasteiger partial charge in [-0.05, 0) is 54.4 Å². The Balaban J connectivity index is 1.82. The highest BCUT2D eigenvalue weighted by Crippen LogP contribution is 2.20. The molecule has 100 valence electrons. The van der Waals surface area contributed by atoms with Crippen molar-refractivity contribution in [2.75, 3.05) is 6.54 Å². The second kappa shape index (κ2) is 7.04. The largest absolute Gasteiger partial charge is 0.312 e. The van der Waals surface area contributed by atoms with Crippen LogP contribution in [0, 0.1) is 5.82 Å². The molecule has 2 aromatic rings. The number of rotatable bonds is 5. The second-order valence-electron chi connectivity index (χ2n) is 4.29. The normalized spacial score (nSPS) is 10.7. The smallest absolute Gasteiger partial charge is 0.123 e. The van der Waals surface area contributed by atoms with Crippen LogP contribution in [0.4, 0.5) is 4.39 Å². The van der Waals surface area contributed by atoms with Crippen molar-refractivity contribution < 1.29 is 4.39 Å². The van der Waals surface area contributed by atoms with Gasteiger partial charge >= 0.3 is 0 Å². The van der Waals surface area contributed by atoms with Gasteiger partial charge in [-0.3, -0.25) is 0 Å². The van der Waals surface area contributed by atoms with Crippen LogP contribution in [0.5, 0.6) is 0 Å². The Labute approximate surface area is 125 Å². The van der Waals surface area contributed by atoms with Gasteiger partial charge in [-0.2, -0.15) is 0 Å². The number of hydrogen-bond donors (Lipinski definition) is 1. The molecule has 0 aliphatic heterocycles. The molecule has 0 spiro atoms. The summed E-state index contributed by atoms with van der Waals surface area (Å²) in [6.45, 7) is 1.49. The second-order valence-corrected chi connectivity index (χ2v) is 5.62. The Morgan fingerprint density at radius 3 is 2.79 bits per heavy atom. The molecule has 0 saturated heterocycles. The van der Waals surface area contributed by atoms with Crippen LogP contribution in [0.1, 0.15) is 11.1 Å². The van der Waals surface area contributed by atoms with E-state index in [0.717, 1.165) is 33.6 Å². The number of nitrogens with one attached hydrogen (secondary N) is 1. The lowest BCUT2D eigenvalue weighted by atomic mass is 10.1. The van der Waals surface area contributed by atoms with Crippen molar-refractivity contribution in [3.8, 4) is 0 Å². The van der Waals surface area contributed by atoms with Crippen LogP contribution < -0.4 is 5.32 Å². The summed E-state index contributed by atoms with van der Waals surface area (Å²) in [5.74, 6) is -0.187. The van der Waals surface area contributed by atoms with Gasteiger partial charge in [-0.15, -0.1) is 0 Å². The van der Waals surface area contributed by atoms with Crippen molar-refractivity contribution >= 4 is 27.5 Å². The Morgan fingerprint density at radius 2 is 2.00 bits per heavy atom. The third-order valence-electron chi connectivity index (χ3n) is 2.80. The third-order valence-corrected chi connectivity index (χ3v) is 3.66. The van der Waals surface area contributed by atoms with Crippen LogP contribution in [0.25, 0.3) is 0 Å². The predicted octanol–water partition coefficient (Wildman–Crippen LogP) is 4.57. The van der Waals surface area contributed by atoms with Gasteiger partial charge in [0.25, 0.3) is 0 Å². The highest BCUT2D eigenvalue weighted by atomic mass is 79.9. The molecule has 1 N–H and O–H groups in total. The van der Waals surface area contributed by atoms with Crippen molar-refractivity contribution in [1.29, 1.82) is 0 Å². The molecule has 0 radical (unpaired) electrons. The lowest BCUT2D eigenvalue weighted by Crippen LogP contribution is -2.17. The zero-order valence-corrected chi connectivity index (χ0v) is 12.6. The maximum Gasteiger partial charge on any atom is 0.123 e. The van der Waals surface area contributed by atoms with E-state index in [1.165, 1.54) is 6.07 Å². The molecule has 2 aromatic carbocycles. The SMILES string of the molecule is Fc1cccc(CCNCc2cc(Br)ccc2Cl)c1. The van der Waals surface area contributed by atoms with Gasteiger partial charge in [0, 0.05) is 16.0 Å². The first kappa shape index (κ1) is 14.5. The molecule has 0 aliphatic carbocycles. The first-order valence-electron chi connectivity index (χ1n) is 6.04. The Bertz CT molecular complexity index is 560. The Hall–Kier alpha value is -0.900. The highest BCUT2D eigenvalue weighted by Gasteiger charge is 2.01. The summed E-state index contributed by atoms with van der Waals surface area (Å²) in [5, 5.41) is 4.06. The van der Waals surface area contributed by atoms with E-state index in [9.17, 15) is 4.39 Å². The van der Waals surface area contributed by atoms with Crippen LogP contribution in [-0.4, -0.2) is 6.54 Å². The third kappa shape index (κ3) is 4.60. The first-order chi connectivity index (χ1) is 9.15. The van der Waals surface area contributed by atoms with Crippen LogP contribution in [-0.2, 0) is 13.0 Å². The molecular formula is C15H14BrClFN. The fourth-order valence-corrected chi connectivity index (χ4v) is 2.42. The molecule has 0 aromatic heterocycles. The molecule has 4 heteroatoms. The van der Waals surface area contributed by atoms with Crippen molar-refractivity contribution in [2.45, 2.75) is 13.0 Å². The summed E-state index contributed by atoms with van der Waals surface area (Å²) in [6, 6.07) is 12.5. The van der Waals surface area contributed by atoms with E-state index >= 15 is 0 Å². The lowest BCUT2D eigenvalue weighted by molar-refractivity contribution is 0.622. The summed E-state index contributed by atoms with van der Waals surface area (Å²) in [4.78, 5) is 0. The number of halogens is 3. The summed E-state index contributed by atoms with van der Waals surface area (Å²) in [7, 11) is 0. The van der Waals surface area contributed by atoms with Gasteiger partial charge in [-0.1, -0.05) is 39.7 Å². The monoisotopic (exact) mass is 341 g/mol. The van der Waals surface area contributed by atoms with E-state index in [0.29, 0.717) is 6.54 Å². The summed E-state index contributed by atoms with van der Waals surface area (Å²) >= 11 is 9.52. The molecule has 0 saturated carbocycles. The van der Waals surface area contributed by atoms with Crippen molar-refractivity contribution in [2.24, 2.45) is 0 Å². The fourth-order valence-electron chi connectivity index (χ4n) is 1.83. The minimum absolute atomic E-state index is 0.187. The van der Waals surface area contributed by atoms with Gasteiger partial charge in [0.15, 0.2) is 0 Å². The van der Waals surface area contributed by atoms with E-state index in [4.69, 9.17) is 11.6 Å². The maximum absolute atomic E-state index is 13.0. The van der Waals surface area contributed by atoms with E-state index in [-0.39, 0.29) is 5.82 Å². The molecule has 19 heavy (non-hydrogen) atoms. The minimum Gasteiger partial charge on any atom is -0.312 e. The van der Waals surface area contributed by atoms with Crippen molar-refractivity contribution in [1.82, 2.24) is 5.32 Å². The lowest BCUT2D eigenvalue weighted by Gasteiger charge is -2.07. The maximum atomic E-state index is 13.0. The van der Waals surface area contributed by atoms with E-state index in [1.807, 2.05) is 24.3 Å². The molecule has 0 amide bonds. The fraction of sp³-hybridized carbons (Fsp3) is 0.200. The Morgan fingerprint density at radius 1 is 1.16 bits per heavy atom. The summed E-state index contributed by atoms with van der Waals surface area (Å²) in [6.07, 6.45) is 0.795. The highest BCUT2D eigenvalue weighted by molar-refractivity contribution is 9.10. The molecule has 0 aliphatic rings. The van der Waals surface area contributed by atoms with E-state index in [1.54, 1.807) is 12.1 Å². The van der Waals surface area contributed by atoms with E-state index in [2.05, 4.69) is 21.2 Å².